The van der Waals surface area contributed by atoms with Gasteiger partial charge < -0.3 is 15.0 Å². The van der Waals surface area contributed by atoms with Crippen LogP contribution in [0.5, 0.6) is 5.75 Å². The number of nitrogens with one attached hydrogen (secondary N) is 1. The molecule has 1 saturated heterocycles. The lowest BCUT2D eigenvalue weighted by Gasteiger charge is -2.40. The number of amides is 2. The summed E-state index contributed by atoms with van der Waals surface area (Å²) in [7, 11) is 1.63. The maximum atomic E-state index is 13.4. The zero-order chi connectivity index (χ0) is 23.0. The third-order valence-electron chi connectivity index (χ3n) is 7.00. The number of hydrogen-bond acceptors (Lipinski definition) is 4. The predicted octanol–water partition coefficient (Wildman–Crippen LogP) is 3.97. The van der Waals surface area contributed by atoms with E-state index in [9.17, 15) is 9.59 Å². The summed E-state index contributed by atoms with van der Waals surface area (Å²) in [6.07, 6.45) is 5.88. The van der Waals surface area contributed by atoms with E-state index < -0.39 is 0 Å². The van der Waals surface area contributed by atoms with Gasteiger partial charge in [-0.1, -0.05) is 43.2 Å². The van der Waals surface area contributed by atoms with E-state index in [1.54, 1.807) is 7.11 Å². The van der Waals surface area contributed by atoms with Crippen LogP contribution in [0, 0.1) is 5.92 Å². The zero-order valence-electron chi connectivity index (χ0n) is 19.5. The molecule has 1 aliphatic carbocycles. The van der Waals surface area contributed by atoms with Crippen LogP contribution in [0.4, 0.5) is 5.69 Å². The van der Waals surface area contributed by atoms with Gasteiger partial charge in [-0.2, -0.15) is 0 Å². The second kappa shape index (κ2) is 11.3. The number of hydrogen-bond donors (Lipinski definition) is 1. The van der Waals surface area contributed by atoms with E-state index in [4.69, 9.17) is 4.74 Å². The average molecular weight is 450 g/mol. The summed E-state index contributed by atoms with van der Waals surface area (Å²) in [6.45, 7) is 2.86. The van der Waals surface area contributed by atoms with Crippen LogP contribution in [0.1, 0.15) is 37.7 Å². The Hall–Kier alpha value is -2.86. The standard InChI is InChI=1S/C27H35N3O3/c1-33-24-14-12-23(13-15-24)28-27(32)26(22-9-5-6-10-22)30-19-17-29(18-20-30)25(31)16-11-21-7-3-2-4-8-21/h2-4,7-8,12-15,22,26H,5-6,9-11,16-20H2,1H3,(H,28,32). The number of methoxy groups -OCH3 is 1. The number of carbonyl (C=O) groups excluding carboxylic acids is 2. The summed E-state index contributed by atoms with van der Waals surface area (Å²) in [5.74, 6) is 1.42. The molecule has 6 heteroatoms. The van der Waals surface area contributed by atoms with Crippen molar-refractivity contribution in [3.8, 4) is 5.75 Å². The van der Waals surface area contributed by atoms with Crippen molar-refractivity contribution in [1.29, 1.82) is 0 Å². The molecule has 1 atom stereocenters. The van der Waals surface area contributed by atoms with Crippen LogP contribution < -0.4 is 10.1 Å². The minimum atomic E-state index is -0.142. The SMILES string of the molecule is COc1ccc(NC(=O)C(C2CCCC2)N2CCN(C(=O)CCc3ccccc3)CC2)cc1. The highest BCUT2D eigenvalue weighted by Crippen LogP contribution is 2.32. The highest BCUT2D eigenvalue weighted by molar-refractivity contribution is 5.95. The second-order valence-electron chi connectivity index (χ2n) is 9.11. The van der Waals surface area contributed by atoms with Gasteiger partial charge in [0.15, 0.2) is 0 Å². The van der Waals surface area contributed by atoms with E-state index in [1.165, 1.54) is 18.4 Å². The van der Waals surface area contributed by atoms with E-state index >= 15 is 0 Å². The first-order valence-corrected chi connectivity index (χ1v) is 12.1. The molecule has 1 heterocycles. The highest BCUT2D eigenvalue weighted by Gasteiger charge is 2.37. The van der Waals surface area contributed by atoms with Gasteiger partial charge in [0, 0.05) is 38.3 Å². The molecule has 6 nitrogen and oxygen atoms in total. The second-order valence-corrected chi connectivity index (χ2v) is 9.11. The predicted molar refractivity (Wildman–Crippen MR) is 130 cm³/mol. The van der Waals surface area contributed by atoms with Crippen LogP contribution in [0.2, 0.25) is 0 Å². The van der Waals surface area contributed by atoms with E-state index in [0.717, 1.165) is 43.8 Å². The van der Waals surface area contributed by atoms with E-state index in [1.807, 2.05) is 47.4 Å². The molecule has 1 N–H and O–H groups in total. The average Bonchev–Trinajstić information content (AvgIpc) is 3.38. The number of piperazine rings is 1. The summed E-state index contributed by atoms with van der Waals surface area (Å²) < 4.78 is 5.22. The van der Waals surface area contributed by atoms with Crippen molar-refractivity contribution in [2.24, 2.45) is 5.92 Å². The van der Waals surface area contributed by atoms with Gasteiger partial charge in [-0.3, -0.25) is 14.5 Å². The molecular formula is C27H35N3O3. The van der Waals surface area contributed by atoms with Crippen molar-refractivity contribution in [2.45, 2.75) is 44.6 Å². The Balaban J connectivity index is 1.34. The fourth-order valence-corrected chi connectivity index (χ4v) is 5.15. The molecule has 0 spiro atoms. The van der Waals surface area contributed by atoms with Gasteiger partial charge in [-0.15, -0.1) is 0 Å². The van der Waals surface area contributed by atoms with Crippen LogP contribution in [0.3, 0.4) is 0 Å². The lowest BCUT2D eigenvalue weighted by atomic mass is 9.94. The van der Waals surface area contributed by atoms with E-state index in [2.05, 4.69) is 22.3 Å². The van der Waals surface area contributed by atoms with E-state index in [0.29, 0.717) is 25.4 Å². The lowest BCUT2D eigenvalue weighted by Crippen LogP contribution is -2.57. The van der Waals surface area contributed by atoms with E-state index in [-0.39, 0.29) is 17.9 Å². The Morgan fingerprint density at radius 3 is 2.27 bits per heavy atom. The van der Waals surface area contributed by atoms with Crippen LogP contribution in [-0.2, 0) is 16.0 Å². The number of ether oxygens (including phenoxy) is 1. The third-order valence-corrected chi connectivity index (χ3v) is 7.00. The minimum Gasteiger partial charge on any atom is -0.497 e. The summed E-state index contributed by atoms with van der Waals surface area (Å²) in [6, 6.07) is 17.5. The maximum Gasteiger partial charge on any atom is 0.242 e. The molecule has 2 amide bonds. The molecule has 33 heavy (non-hydrogen) atoms. The Kier molecular flexibility index (Phi) is 8.00. The van der Waals surface area contributed by atoms with Crippen LogP contribution in [-0.4, -0.2) is 60.9 Å². The Morgan fingerprint density at radius 2 is 1.64 bits per heavy atom. The molecule has 2 aliphatic rings. The minimum absolute atomic E-state index is 0.0657. The monoisotopic (exact) mass is 449 g/mol. The van der Waals surface area contributed by atoms with Gasteiger partial charge in [0.1, 0.15) is 5.75 Å². The summed E-state index contributed by atoms with van der Waals surface area (Å²) >= 11 is 0. The van der Waals surface area contributed by atoms with Gasteiger partial charge in [-0.05, 0) is 55.0 Å². The molecule has 0 radical (unpaired) electrons. The Bertz CT molecular complexity index is 902. The topological polar surface area (TPSA) is 61.9 Å². The zero-order valence-corrected chi connectivity index (χ0v) is 19.5. The molecule has 1 aliphatic heterocycles. The molecule has 2 aromatic rings. The molecule has 2 aromatic carbocycles. The smallest absolute Gasteiger partial charge is 0.242 e. The summed E-state index contributed by atoms with van der Waals surface area (Å²) in [5.41, 5.74) is 1.99. The van der Waals surface area contributed by atoms with Gasteiger partial charge in [0.05, 0.1) is 13.2 Å². The first kappa shape index (κ1) is 23.3. The first-order chi connectivity index (χ1) is 16.1. The molecule has 2 fully saturated rings. The number of aryl methyl sites for hydroxylation is 1. The Morgan fingerprint density at radius 1 is 0.970 bits per heavy atom. The fraction of sp³-hybridized carbons (Fsp3) is 0.481. The molecule has 1 unspecified atom stereocenters. The number of benzene rings is 2. The van der Waals surface area contributed by atoms with Crippen molar-refractivity contribution >= 4 is 17.5 Å². The number of rotatable bonds is 8. The van der Waals surface area contributed by atoms with Crippen LogP contribution in [0.15, 0.2) is 54.6 Å². The van der Waals surface area contributed by atoms with Crippen molar-refractivity contribution in [2.75, 3.05) is 38.6 Å². The van der Waals surface area contributed by atoms with Crippen LogP contribution >= 0.6 is 0 Å². The lowest BCUT2D eigenvalue weighted by molar-refractivity contribution is -0.134. The summed E-state index contributed by atoms with van der Waals surface area (Å²) in [5, 5.41) is 3.12. The Labute approximate surface area is 196 Å². The van der Waals surface area contributed by atoms with Gasteiger partial charge in [0.25, 0.3) is 0 Å². The number of anilines is 1. The molecule has 0 aromatic heterocycles. The molecule has 4 rings (SSSR count). The molecule has 1 saturated carbocycles. The van der Waals surface area contributed by atoms with Gasteiger partial charge in [-0.25, -0.2) is 0 Å². The largest absolute Gasteiger partial charge is 0.497 e. The number of carbonyl (C=O) groups is 2. The number of nitrogens with zero attached hydrogens (tertiary/aromatic N) is 2. The van der Waals surface area contributed by atoms with Crippen molar-refractivity contribution in [3.63, 3.8) is 0 Å². The van der Waals surface area contributed by atoms with Crippen molar-refractivity contribution < 1.29 is 14.3 Å². The quantitative estimate of drug-likeness (QED) is 0.663. The van der Waals surface area contributed by atoms with Crippen molar-refractivity contribution in [3.05, 3.63) is 60.2 Å². The molecule has 0 bridgehead atoms. The maximum absolute atomic E-state index is 13.4. The first-order valence-electron chi connectivity index (χ1n) is 12.1. The van der Waals surface area contributed by atoms with Gasteiger partial charge >= 0.3 is 0 Å². The molecule has 176 valence electrons. The van der Waals surface area contributed by atoms with Crippen LogP contribution in [0.25, 0.3) is 0 Å². The third kappa shape index (κ3) is 6.14. The van der Waals surface area contributed by atoms with Crippen molar-refractivity contribution in [1.82, 2.24) is 9.80 Å². The fourth-order valence-electron chi connectivity index (χ4n) is 5.15. The molecular weight excluding hydrogens is 414 g/mol. The van der Waals surface area contributed by atoms with Gasteiger partial charge in [0.2, 0.25) is 11.8 Å². The summed E-state index contributed by atoms with van der Waals surface area (Å²) in [4.78, 5) is 30.4. The highest BCUT2D eigenvalue weighted by atomic mass is 16.5. The normalized spacial score (nSPS) is 18.2.